The summed E-state index contributed by atoms with van der Waals surface area (Å²) in [7, 11) is 2.11. The van der Waals surface area contributed by atoms with Crippen molar-refractivity contribution in [1.82, 2.24) is 4.98 Å². The minimum atomic E-state index is 0.542. The Morgan fingerprint density at radius 1 is 1.44 bits per heavy atom. The molecule has 0 N–H and O–H groups in total. The first-order valence-electron chi connectivity index (χ1n) is 5.61. The zero-order valence-electron chi connectivity index (χ0n) is 9.74. The third-order valence-electron chi connectivity index (χ3n) is 3.03. The van der Waals surface area contributed by atoms with E-state index in [0.717, 1.165) is 36.3 Å². The highest BCUT2D eigenvalue weighted by atomic mass is 79.9. The van der Waals surface area contributed by atoms with Gasteiger partial charge in [0.15, 0.2) is 0 Å². The molecule has 0 amide bonds. The summed E-state index contributed by atoms with van der Waals surface area (Å²) in [4.78, 5) is 6.75. The summed E-state index contributed by atoms with van der Waals surface area (Å²) in [6, 6.07) is 2.65. The highest BCUT2D eigenvalue weighted by molar-refractivity contribution is 9.10. The molecule has 0 bridgehead atoms. The molecule has 0 unspecified atom stereocenters. The third kappa shape index (κ3) is 2.55. The maximum absolute atomic E-state index is 5.38. The molecule has 0 aromatic carbocycles. The van der Waals surface area contributed by atoms with Crippen LogP contribution in [0.3, 0.4) is 0 Å². The Hall–Kier alpha value is -0.610. The van der Waals surface area contributed by atoms with Crippen molar-refractivity contribution in [1.29, 1.82) is 0 Å². The number of halogens is 1. The first kappa shape index (κ1) is 11.9. The maximum atomic E-state index is 5.38. The van der Waals surface area contributed by atoms with Crippen LogP contribution in [0.2, 0.25) is 0 Å². The third-order valence-corrected chi connectivity index (χ3v) is 3.61. The number of nitrogens with zero attached hydrogens (tertiary/aromatic N) is 2. The molecule has 0 aliphatic carbocycles. The zero-order valence-corrected chi connectivity index (χ0v) is 11.3. The van der Waals surface area contributed by atoms with Crippen molar-refractivity contribution >= 4 is 21.7 Å². The molecular weight excluding hydrogens is 268 g/mol. The second-order valence-electron chi connectivity index (χ2n) is 4.27. The van der Waals surface area contributed by atoms with E-state index in [4.69, 9.17) is 4.74 Å². The Bertz CT molecular complexity index is 364. The second kappa shape index (κ2) is 5.15. The van der Waals surface area contributed by atoms with E-state index < -0.39 is 0 Å². The van der Waals surface area contributed by atoms with Crippen molar-refractivity contribution in [3.63, 3.8) is 0 Å². The summed E-state index contributed by atoms with van der Waals surface area (Å²) in [5.41, 5.74) is 1.18. The molecule has 1 aromatic heterocycles. The van der Waals surface area contributed by atoms with Gasteiger partial charge in [-0.3, -0.25) is 0 Å². The molecule has 0 radical (unpaired) electrons. The fourth-order valence-electron chi connectivity index (χ4n) is 2.03. The van der Waals surface area contributed by atoms with Gasteiger partial charge in [-0.25, -0.2) is 4.98 Å². The first-order chi connectivity index (χ1) is 7.68. The van der Waals surface area contributed by atoms with Gasteiger partial charge in [0.1, 0.15) is 5.82 Å². The smallest absolute Gasteiger partial charge is 0.142 e. The quantitative estimate of drug-likeness (QED) is 0.835. The lowest BCUT2D eigenvalue weighted by molar-refractivity contribution is 0.0853. The van der Waals surface area contributed by atoms with Gasteiger partial charge in [-0.1, -0.05) is 0 Å². The van der Waals surface area contributed by atoms with Gasteiger partial charge in [-0.2, -0.15) is 0 Å². The molecule has 4 heteroatoms. The molecule has 3 nitrogen and oxygen atoms in total. The number of pyridine rings is 1. The summed E-state index contributed by atoms with van der Waals surface area (Å²) in [5.74, 6) is 1.03. The van der Waals surface area contributed by atoms with Crippen LogP contribution in [0.25, 0.3) is 0 Å². The lowest BCUT2D eigenvalue weighted by Crippen LogP contribution is -2.37. The molecule has 0 spiro atoms. The molecule has 1 aliphatic heterocycles. The van der Waals surface area contributed by atoms with Gasteiger partial charge in [0.25, 0.3) is 0 Å². The van der Waals surface area contributed by atoms with E-state index in [-0.39, 0.29) is 0 Å². The van der Waals surface area contributed by atoms with Crippen LogP contribution in [0.1, 0.15) is 18.4 Å². The number of ether oxygens (including phenoxy) is 1. The van der Waals surface area contributed by atoms with Gasteiger partial charge >= 0.3 is 0 Å². The topological polar surface area (TPSA) is 25.4 Å². The predicted octanol–water partition coefficient (Wildman–Crippen LogP) is 2.77. The molecule has 1 saturated heterocycles. The summed E-state index contributed by atoms with van der Waals surface area (Å²) in [5, 5.41) is 0. The minimum Gasteiger partial charge on any atom is -0.381 e. The van der Waals surface area contributed by atoms with E-state index in [1.165, 1.54) is 5.56 Å². The van der Waals surface area contributed by atoms with E-state index in [0.29, 0.717) is 6.04 Å². The lowest BCUT2D eigenvalue weighted by Gasteiger charge is -2.32. The Morgan fingerprint density at radius 3 is 2.75 bits per heavy atom. The van der Waals surface area contributed by atoms with Gasteiger partial charge in [0.2, 0.25) is 0 Å². The van der Waals surface area contributed by atoms with E-state index in [1.54, 1.807) is 0 Å². The molecule has 0 atom stereocenters. The van der Waals surface area contributed by atoms with Crippen LogP contribution in [0, 0.1) is 6.92 Å². The highest BCUT2D eigenvalue weighted by Gasteiger charge is 2.20. The van der Waals surface area contributed by atoms with Gasteiger partial charge in [-0.15, -0.1) is 0 Å². The Balaban J connectivity index is 2.15. The van der Waals surface area contributed by atoms with Crippen LogP contribution in [-0.2, 0) is 4.74 Å². The second-order valence-corrected chi connectivity index (χ2v) is 5.13. The van der Waals surface area contributed by atoms with Gasteiger partial charge in [0, 0.05) is 32.5 Å². The normalized spacial score (nSPS) is 17.4. The van der Waals surface area contributed by atoms with Crippen molar-refractivity contribution in [2.24, 2.45) is 0 Å². The minimum absolute atomic E-state index is 0.542. The Morgan fingerprint density at radius 2 is 2.12 bits per heavy atom. The van der Waals surface area contributed by atoms with Crippen LogP contribution in [0.15, 0.2) is 16.7 Å². The summed E-state index contributed by atoms with van der Waals surface area (Å²) >= 11 is 3.58. The molecule has 2 rings (SSSR count). The van der Waals surface area contributed by atoms with Crippen LogP contribution < -0.4 is 4.90 Å². The largest absolute Gasteiger partial charge is 0.381 e. The van der Waals surface area contributed by atoms with E-state index >= 15 is 0 Å². The standard InChI is InChI=1S/C12H17BrN2O/c1-9-7-11(13)12(14-8-9)15(2)10-3-5-16-6-4-10/h7-8,10H,3-6H2,1-2H3. The van der Waals surface area contributed by atoms with Crippen molar-refractivity contribution < 1.29 is 4.74 Å². The van der Waals surface area contributed by atoms with Crippen molar-refractivity contribution in [3.8, 4) is 0 Å². The summed E-state index contributed by atoms with van der Waals surface area (Å²) in [6.07, 6.45) is 4.08. The fraction of sp³-hybridized carbons (Fsp3) is 0.583. The average Bonchev–Trinajstić information content (AvgIpc) is 2.29. The SMILES string of the molecule is Cc1cnc(N(C)C2CCOCC2)c(Br)c1. The van der Waals surface area contributed by atoms with E-state index in [9.17, 15) is 0 Å². The molecule has 1 aliphatic rings. The number of hydrogen-bond donors (Lipinski definition) is 0. The predicted molar refractivity (Wildman–Crippen MR) is 68.9 cm³/mol. The summed E-state index contributed by atoms with van der Waals surface area (Å²) in [6.45, 7) is 3.77. The number of rotatable bonds is 2. The molecule has 16 heavy (non-hydrogen) atoms. The lowest BCUT2D eigenvalue weighted by atomic mass is 10.1. The van der Waals surface area contributed by atoms with Crippen molar-refractivity contribution in [3.05, 3.63) is 22.3 Å². The van der Waals surface area contributed by atoms with E-state index in [1.807, 2.05) is 6.20 Å². The number of aryl methyl sites for hydroxylation is 1. The maximum Gasteiger partial charge on any atom is 0.142 e. The van der Waals surface area contributed by atoms with Gasteiger partial charge in [-0.05, 0) is 47.3 Å². The molecule has 88 valence electrons. The van der Waals surface area contributed by atoms with Crippen LogP contribution in [0.5, 0.6) is 0 Å². The Kier molecular flexibility index (Phi) is 3.82. The molecule has 1 aromatic rings. The zero-order chi connectivity index (χ0) is 11.5. The molecule has 2 heterocycles. The fourth-order valence-corrected chi connectivity index (χ4v) is 2.77. The molecule has 0 saturated carbocycles. The monoisotopic (exact) mass is 284 g/mol. The number of hydrogen-bond acceptors (Lipinski definition) is 3. The van der Waals surface area contributed by atoms with Crippen LogP contribution in [-0.4, -0.2) is 31.3 Å². The average molecular weight is 285 g/mol. The molecular formula is C12H17BrN2O. The van der Waals surface area contributed by atoms with Gasteiger partial charge in [0.05, 0.1) is 4.47 Å². The summed E-state index contributed by atoms with van der Waals surface area (Å²) < 4.78 is 6.45. The Labute approximate surface area is 105 Å². The molecule has 1 fully saturated rings. The van der Waals surface area contributed by atoms with Crippen molar-refractivity contribution in [2.45, 2.75) is 25.8 Å². The van der Waals surface area contributed by atoms with Crippen LogP contribution >= 0.6 is 15.9 Å². The number of anilines is 1. The highest BCUT2D eigenvalue weighted by Crippen LogP contribution is 2.27. The van der Waals surface area contributed by atoms with Crippen molar-refractivity contribution in [2.75, 3.05) is 25.2 Å². The van der Waals surface area contributed by atoms with Gasteiger partial charge < -0.3 is 9.64 Å². The van der Waals surface area contributed by atoms with Crippen LogP contribution in [0.4, 0.5) is 5.82 Å². The number of aromatic nitrogens is 1. The van der Waals surface area contributed by atoms with E-state index in [2.05, 4.69) is 45.9 Å². The first-order valence-corrected chi connectivity index (χ1v) is 6.40.